The Morgan fingerprint density at radius 2 is 1.90 bits per heavy atom. The first-order valence-corrected chi connectivity index (χ1v) is 7.35. The highest BCUT2D eigenvalue weighted by Gasteiger charge is 2.20. The van der Waals surface area contributed by atoms with Crippen LogP contribution in [0.1, 0.15) is 43.0 Å². The van der Waals surface area contributed by atoms with Crippen molar-refractivity contribution in [1.82, 2.24) is 4.90 Å². The zero-order chi connectivity index (χ0) is 14.7. The van der Waals surface area contributed by atoms with Crippen LogP contribution in [0.4, 0.5) is 11.4 Å². The first kappa shape index (κ1) is 14.7. The van der Waals surface area contributed by atoms with Gasteiger partial charge in [0.2, 0.25) is 0 Å². The normalized spacial score (nSPS) is 22.4. The van der Waals surface area contributed by atoms with Crippen LogP contribution >= 0.6 is 0 Å². The molecule has 0 aliphatic heterocycles. The Hall–Kier alpha value is -1.71. The minimum absolute atomic E-state index is 0.0108. The van der Waals surface area contributed by atoms with Gasteiger partial charge in [0.1, 0.15) is 0 Å². The van der Waals surface area contributed by atoms with Gasteiger partial charge < -0.3 is 16.0 Å². The molecule has 20 heavy (non-hydrogen) atoms. The van der Waals surface area contributed by atoms with Crippen LogP contribution in [0.2, 0.25) is 0 Å². The fraction of sp³-hybridized carbons (Fsp3) is 0.562. The van der Waals surface area contributed by atoms with Crippen molar-refractivity contribution in [2.45, 2.75) is 38.6 Å². The number of nitrogens with one attached hydrogen (secondary N) is 1. The van der Waals surface area contributed by atoms with Gasteiger partial charge in [0.05, 0.1) is 5.56 Å². The number of nitrogens with two attached hydrogens (primary N) is 1. The van der Waals surface area contributed by atoms with E-state index in [2.05, 4.69) is 12.2 Å². The molecule has 0 unspecified atom stereocenters. The summed E-state index contributed by atoms with van der Waals surface area (Å²) in [4.78, 5) is 13.8. The van der Waals surface area contributed by atoms with Crippen molar-refractivity contribution in [2.75, 3.05) is 25.1 Å². The number of hydrogen-bond donors (Lipinski definition) is 2. The number of anilines is 2. The molecule has 110 valence electrons. The molecule has 2 rings (SSSR count). The molecule has 1 saturated carbocycles. The summed E-state index contributed by atoms with van der Waals surface area (Å²) in [5, 5.41) is 3.52. The number of carbonyl (C=O) groups excluding carboxylic acids is 1. The van der Waals surface area contributed by atoms with Gasteiger partial charge in [-0.2, -0.15) is 0 Å². The van der Waals surface area contributed by atoms with Crippen LogP contribution in [0.25, 0.3) is 0 Å². The van der Waals surface area contributed by atoms with Crippen molar-refractivity contribution in [3.63, 3.8) is 0 Å². The molecule has 1 aliphatic rings. The Kier molecular flexibility index (Phi) is 4.53. The summed E-state index contributed by atoms with van der Waals surface area (Å²) in [5.74, 6) is 0.827. The SMILES string of the molecule is CC1CCC(Nc2cc(N)ccc2C(=O)N(C)C)CC1. The topological polar surface area (TPSA) is 58.4 Å². The van der Waals surface area contributed by atoms with Gasteiger partial charge in [0.15, 0.2) is 0 Å². The average Bonchev–Trinajstić information content (AvgIpc) is 2.41. The Morgan fingerprint density at radius 3 is 2.50 bits per heavy atom. The van der Waals surface area contributed by atoms with Crippen molar-refractivity contribution in [3.8, 4) is 0 Å². The monoisotopic (exact) mass is 275 g/mol. The molecule has 0 atom stereocenters. The van der Waals surface area contributed by atoms with E-state index in [9.17, 15) is 4.79 Å². The minimum atomic E-state index is 0.0108. The van der Waals surface area contributed by atoms with Gasteiger partial charge in [-0.15, -0.1) is 0 Å². The summed E-state index contributed by atoms with van der Waals surface area (Å²) in [6, 6.07) is 5.91. The minimum Gasteiger partial charge on any atom is -0.399 e. The molecule has 0 radical (unpaired) electrons. The lowest BCUT2D eigenvalue weighted by molar-refractivity contribution is 0.0828. The molecule has 0 aromatic heterocycles. The Morgan fingerprint density at radius 1 is 1.25 bits per heavy atom. The van der Waals surface area contributed by atoms with Crippen LogP contribution in [0.3, 0.4) is 0 Å². The maximum Gasteiger partial charge on any atom is 0.255 e. The van der Waals surface area contributed by atoms with Gasteiger partial charge in [0.25, 0.3) is 5.91 Å². The van der Waals surface area contributed by atoms with Crippen molar-refractivity contribution in [3.05, 3.63) is 23.8 Å². The maximum absolute atomic E-state index is 12.2. The van der Waals surface area contributed by atoms with Gasteiger partial charge in [0, 0.05) is 31.5 Å². The molecule has 0 saturated heterocycles. The lowest BCUT2D eigenvalue weighted by Crippen LogP contribution is -2.28. The largest absolute Gasteiger partial charge is 0.399 e. The predicted octanol–water partition coefficient (Wildman–Crippen LogP) is 2.96. The second-order valence-corrected chi connectivity index (χ2v) is 6.11. The second kappa shape index (κ2) is 6.16. The molecule has 3 N–H and O–H groups in total. The van der Waals surface area contributed by atoms with Crippen molar-refractivity contribution >= 4 is 17.3 Å². The first-order chi connectivity index (χ1) is 9.47. The summed E-state index contributed by atoms with van der Waals surface area (Å²) >= 11 is 0. The van der Waals surface area contributed by atoms with E-state index in [-0.39, 0.29) is 5.91 Å². The van der Waals surface area contributed by atoms with Crippen LogP contribution in [-0.4, -0.2) is 30.9 Å². The van der Waals surface area contributed by atoms with E-state index in [1.807, 2.05) is 12.1 Å². The van der Waals surface area contributed by atoms with Gasteiger partial charge in [-0.3, -0.25) is 4.79 Å². The van der Waals surface area contributed by atoms with Crippen molar-refractivity contribution in [2.24, 2.45) is 5.92 Å². The number of nitrogens with zero attached hydrogens (tertiary/aromatic N) is 1. The lowest BCUT2D eigenvalue weighted by atomic mass is 9.87. The van der Waals surface area contributed by atoms with Gasteiger partial charge in [-0.25, -0.2) is 0 Å². The summed E-state index contributed by atoms with van der Waals surface area (Å²) in [6.07, 6.45) is 4.81. The third-order valence-electron chi connectivity index (χ3n) is 4.06. The first-order valence-electron chi connectivity index (χ1n) is 7.35. The number of carbonyl (C=O) groups is 1. The average molecular weight is 275 g/mol. The molecule has 1 amide bonds. The fourth-order valence-electron chi connectivity index (χ4n) is 2.73. The van der Waals surface area contributed by atoms with E-state index >= 15 is 0 Å². The highest BCUT2D eigenvalue weighted by Crippen LogP contribution is 2.28. The summed E-state index contributed by atoms with van der Waals surface area (Å²) in [7, 11) is 3.54. The Bertz CT molecular complexity index is 477. The number of benzene rings is 1. The van der Waals surface area contributed by atoms with E-state index in [1.165, 1.54) is 12.8 Å². The fourth-order valence-corrected chi connectivity index (χ4v) is 2.73. The highest BCUT2D eigenvalue weighted by molar-refractivity contribution is 6.00. The number of amides is 1. The molecular formula is C16H25N3O. The number of nitrogen functional groups attached to an aromatic ring is 1. The molecule has 0 heterocycles. The summed E-state index contributed by atoms with van der Waals surface area (Å²) in [6.45, 7) is 2.30. The molecule has 1 fully saturated rings. The van der Waals surface area contributed by atoms with Gasteiger partial charge in [-0.05, 0) is 49.8 Å². The lowest BCUT2D eigenvalue weighted by Gasteiger charge is -2.28. The van der Waals surface area contributed by atoms with Crippen molar-refractivity contribution in [1.29, 1.82) is 0 Å². The van der Waals surface area contributed by atoms with Crippen LogP contribution in [-0.2, 0) is 0 Å². The zero-order valence-electron chi connectivity index (χ0n) is 12.6. The van der Waals surface area contributed by atoms with Gasteiger partial charge >= 0.3 is 0 Å². The highest BCUT2D eigenvalue weighted by atomic mass is 16.2. The van der Waals surface area contributed by atoms with Crippen LogP contribution in [0, 0.1) is 5.92 Å². The van der Waals surface area contributed by atoms with Crippen LogP contribution in [0.15, 0.2) is 18.2 Å². The maximum atomic E-state index is 12.2. The van der Waals surface area contributed by atoms with E-state index in [0.717, 1.165) is 24.4 Å². The predicted molar refractivity (Wildman–Crippen MR) is 83.9 cm³/mol. The van der Waals surface area contributed by atoms with Gasteiger partial charge in [-0.1, -0.05) is 6.92 Å². The Labute approximate surface area is 121 Å². The summed E-state index contributed by atoms with van der Waals surface area (Å²) < 4.78 is 0. The molecule has 1 aromatic carbocycles. The molecule has 1 aliphatic carbocycles. The third-order valence-corrected chi connectivity index (χ3v) is 4.06. The molecule has 1 aromatic rings. The number of hydrogen-bond acceptors (Lipinski definition) is 3. The van der Waals surface area contributed by atoms with E-state index in [1.54, 1.807) is 25.1 Å². The Balaban J connectivity index is 2.17. The quantitative estimate of drug-likeness (QED) is 0.834. The molecule has 4 nitrogen and oxygen atoms in total. The standard InChI is InChI=1S/C16H25N3O/c1-11-4-7-13(8-5-11)18-15-10-12(17)6-9-14(15)16(20)19(2)3/h6,9-11,13,18H,4-5,7-8,17H2,1-3H3. The van der Waals surface area contributed by atoms with E-state index in [4.69, 9.17) is 5.73 Å². The zero-order valence-corrected chi connectivity index (χ0v) is 12.6. The molecule has 0 bridgehead atoms. The number of rotatable bonds is 3. The third kappa shape index (κ3) is 3.44. The molecule has 4 heteroatoms. The smallest absolute Gasteiger partial charge is 0.255 e. The molecular weight excluding hydrogens is 250 g/mol. The van der Waals surface area contributed by atoms with Crippen molar-refractivity contribution < 1.29 is 4.79 Å². The van der Waals surface area contributed by atoms with Crippen LogP contribution in [0.5, 0.6) is 0 Å². The summed E-state index contributed by atoms with van der Waals surface area (Å²) in [5.41, 5.74) is 8.11. The molecule has 0 spiro atoms. The second-order valence-electron chi connectivity index (χ2n) is 6.11. The van der Waals surface area contributed by atoms with E-state index in [0.29, 0.717) is 17.3 Å². The van der Waals surface area contributed by atoms with Crippen LogP contribution < -0.4 is 11.1 Å². The van der Waals surface area contributed by atoms with E-state index < -0.39 is 0 Å².